The van der Waals surface area contributed by atoms with Crippen molar-refractivity contribution in [1.29, 1.82) is 0 Å². The van der Waals surface area contributed by atoms with E-state index in [1.807, 2.05) is 30.3 Å². The third-order valence-corrected chi connectivity index (χ3v) is 4.12. The molecule has 0 aliphatic heterocycles. The molecule has 4 nitrogen and oxygen atoms in total. The van der Waals surface area contributed by atoms with Crippen molar-refractivity contribution in [2.24, 2.45) is 0 Å². The Hall–Kier alpha value is -2.30. The van der Waals surface area contributed by atoms with Crippen LogP contribution >= 0.6 is 23.2 Å². The number of rotatable bonds is 5. The van der Waals surface area contributed by atoms with Gasteiger partial charge in [-0.3, -0.25) is 0 Å². The predicted octanol–water partition coefficient (Wildman–Crippen LogP) is 4.81. The summed E-state index contributed by atoms with van der Waals surface area (Å²) < 4.78 is 0. The van der Waals surface area contributed by atoms with E-state index in [0.29, 0.717) is 17.1 Å². The van der Waals surface area contributed by atoms with E-state index in [2.05, 4.69) is 27.6 Å². The van der Waals surface area contributed by atoms with E-state index in [1.165, 1.54) is 5.56 Å². The highest BCUT2D eigenvalue weighted by Crippen LogP contribution is 2.35. The van der Waals surface area contributed by atoms with Crippen LogP contribution in [0.5, 0.6) is 5.75 Å². The van der Waals surface area contributed by atoms with Crippen molar-refractivity contribution < 1.29 is 5.11 Å². The van der Waals surface area contributed by atoms with Gasteiger partial charge in [0.25, 0.3) is 0 Å². The molecule has 0 aliphatic rings. The van der Waals surface area contributed by atoms with Crippen molar-refractivity contribution in [3.63, 3.8) is 0 Å². The Morgan fingerprint density at radius 2 is 1.62 bits per heavy atom. The molecule has 3 aromatic rings. The van der Waals surface area contributed by atoms with Gasteiger partial charge in [0, 0.05) is 12.1 Å². The van der Waals surface area contributed by atoms with Gasteiger partial charge >= 0.3 is 0 Å². The number of aromatic hydroxyl groups is 1. The van der Waals surface area contributed by atoms with Gasteiger partial charge in [-0.2, -0.15) is 0 Å². The molecule has 122 valence electrons. The smallest absolute Gasteiger partial charge is 0.152 e. The maximum Gasteiger partial charge on any atom is 0.152 e. The maximum absolute atomic E-state index is 9.60. The number of nitrogens with one attached hydrogen (secondary N) is 1. The van der Waals surface area contributed by atoms with Crippen molar-refractivity contribution in [3.8, 4) is 17.0 Å². The van der Waals surface area contributed by atoms with Gasteiger partial charge in [0.15, 0.2) is 5.75 Å². The van der Waals surface area contributed by atoms with E-state index in [4.69, 9.17) is 23.2 Å². The number of hydrogen-bond donors (Lipinski definition) is 2. The molecule has 0 spiro atoms. The van der Waals surface area contributed by atoms with E-state index in [1.54, 1.807) is 12.1 Å². The monoisotopic (exact) mass is 359 g/mol. The van der Waals surface area contributed by atoms with Crippen LogP contribution in [-0.2, 0) is 6.42 Å². The molecule has 0 aliphatic carbocycles. The average Bonchev–Trinajstić information content (AvgIpc) is 2.61. The molecule has 3 rings (SSSR count). The number of phenols is 1. The third-order valence-electron chi connectivity index (χ3n) is 3.54. The van der Waals surface area contributed by atoms with E-state index in [0.717, 1.165) is 13.0 Å². The second kappa shape index (κ2) is 7.51. The first kappa shape index (κ1) is 16.6. The second-order valence-corrected chi connectivity index (χ2v) is 6.07. The van der Waals surface area contributed by atoms with E-state index in [9.17, 15) is 5.11 Å². The zero-order valence-corrected chi connectivity index (χ0v) is 14.2. The molecule has 0 unspecified atom stereocenters. The zero-order valence-electron chi connectivity index (χ0n) is 12.7. The summed E-state index contributed by atoms with van der Waals surface area (Å²) in [5.74, 6) is 0.569. The minimum Gasteiger partial charge on any atom is -0.505 e. The van der Waals surface area contributed by atoms with Crippen LogP contribution in [0.25, 0.3) is 11.3 Å². The topological polar surface area (TPSA) is 58.0 Å². The van der Waals surface area contributed by atoms with Crippen LogP contribution in [0.3, 0.4) is 0 Å². The lowest BCUT2D eigenvalue weighted by atomic mass is 10.1. The van der Waals surface area contributed by atoms with Gasteiger partial charge in [0.2, 0.25) is 0 Å². The van der Waals surface area contributed by atoms with Crippen molar-refractivity contribution >= 4 is 29.0 Å². The molecule has 0 atom stereocenters. The van der Waals surface area contributed by atoms with Gasteiger partial charge in [-0.15, -0.1) is 10.2 Å². The number of benzene rings is 2. The van der Waals surface area contributed by atoms with Gasteiger partial charge in [-0.25, -0.2) is 0 Å². The van der Waals surface area contributed by atoms with Crippen LogP contribution in [-0.4, -0.2) is 21.8 Å². The summed E-state index contributed by atoms with van der Waals surface area (Å²) in [5.41, 5.74) is 2.60. The van der Waals surface area contributed by atoms with E-state index < -0.39 is 0 Å². The first-order valence-electron chi connectivity index (χ1n) is 7.43. The first-order valence-corrected chi connectivity index (χ1v) is 8.19. The van der Waals surface area contributed by atoms with E-state index >= 15 is 0 Å². The normalized spacial score (nSPS) is 10.6. The summed E-state index contributed by atoms with van der Waals surface area (Å²) in [6.45, 7) is 0.773. The fourth-order valence-electron chi connectivity index (χ4n) is 2.27. The highest BCUT2D eigenvalue weighted by Gasteiger charge is 2.09. The molecule has 0 saturated carbocycles. The van der Waals surface area contributed by atoms with Gasteiger partial charge in [0.05, 0.1) is 15.7 Å². The molecule has 1 heterocycles. The summed E-state index contributed by atoms with van der Waals surface area (Å²) in [5, 5.41) is 21.5. The van der Waals surface area contributed by atoms with Crippen molar-refractivity contribution in [1.82, 2.24) is 10.2 Å². The maximum atomic E-state index is 9.60. The fraction of sp³-hybridized carbons (Fsp3) is 0.111. The van der Waals surface area contributed by atoms with Crippen LogP contribution in [0.4, 0.5) is 5.82 Å². The SMILES string of the molecule is Oc1c(Cl)cc(-c2ccc(NCCc3ccccc3)nn2)cc1Cl. The Labute approximate surface area is 150 Å². The van der Waals surface area contributed by atoms with Crippen molar-refractivity contribution in [2.75, 3.05) is 11.9 Å². The highest BCUT2D eigenvalue weighted by atomic mass is 35.5. The predicted molar refractivity (Wildman–Crippen MR) is 97.8 cm³/mol. The second-order valence-electron chi connectivity index (χ2n) is 5.25. The summed E-state index contributed by atoms with van der Waals surface area (Å²) in [4.78, 5) is 0. The van der Waals surface area contributed by atoms with Crippen molar-refractivity contribution in [2.45, 2.75) is 6.42 Å². The van der Waals surface area contributed by atoms with Crippen LogP contribution in [0.15, 0.2) is 54.6 Å². The molecule has 0 saturated heterocycles. The Kier molecular flexibility index (Phi) is 5.18. The minimum absolute atomic E-state index is 0.130. The molecule has 0 fully saturated rings. The third kappa shape index (κ3) is 3.96. The number of halogens is 2. The van der Waals surface area contributed by atoms with Crippen molar-refractivity contribution in [3.05, 3.63) is 70.2 Å². The Morgan fingerprint density at radius 3 is 2.25 bits per heavy atom. The zero-order chi connectivity index (χ0) is 16.9. The number of aromatic nitrogens is 2. The van der Waals surface area contributed by atoms with Crippen LogP contribution in [0, 0.1) is 0 Å². The average molecular weight is 360 g/mol. The number of hydrogen-bond acceptors (Lipinski definition) is 4. The lowest BCUT2D eigenvalue weighted by Gasteiger charge is -2.07. The first-order chi connectivity index (χ1) is 11.6. The molecule has 1 aromatic heterocycles. The molecule has 2 aromatic carbocycles. The fourth-order valence-corrected chi connectivity index (χ4v) is 2.76. The molecular formula is C18H15Cl2N3O. The van der Waals surface area contributed by atoms with Crippen LogP contribution < -0.4 is 5.32 Å². The van der Waals surface area contributed by atoms with Gasteiger partial charge < -0.3 is 10.4 Å². The Morgan fingerprint density at radius 1 is 0.917 bits per heavy atom. The lowest BCUT2D eigenvalue weighted by Crippen LogP contribution is -2.06. The Bertz CT molecular complexity index is 800. The largest absolute Gasteiger partial charge is 0.505 e. The summed E-state index contributed by atoms with van der Waals surface area (Å²) in [6.07, 6.45) is 0.910. The van der Waals surface area contributed by atoms with Gasteiger partial charge in [-0.05, 0) is 36.2 Å². The molecule has 0 radical (unpaired) electrons. The van der Waals surface area contributed by atoms with Crippen LogP contribution in [0.1, 0.15) is 5.56 Å². The molecule has 0 bridgehead atoms. The van der Waals surface area contributed by atoms with Gasteiger partial charge in [-0.1, -0.05) is 53.5 Å². The lowest BCUT2D eigenvalue weighted by molar-refractivity contribution is 0.476. The quantitative estimate of drug-likeness (QED) is 0.686. The van der Waals surface area contributed by atoms with E-state index in [-0.39, 0.29) is 15.8 Å². The number of anilines is 1. The number of phenolic OH excluding ortho intramolecular Hbond substituents is 1. The molecule has 0 amide bonds. The molecular weight excluding hydrogens is 345 g/mol. The standard InChI is InChI=1S/C18H15Cl2N3O/c19-14-10-13(11-15(20)18(14)24)16-6-7-17(23-22-16)21-9-8-12-4-2-1-3-5-12/h1-7,10-11,24H,8-9H2,(H,21,23). The summed E-state index contributed by atoms with van der Waals surface area (Å²) in [6, 6.07) is 17.1. The summed E-state index contributed by atoms with van der Waals surface area (Å²) >= 11 is 11.9. The Balaban J connectivity index is 1.65. The van der Waals surface area contributed by atoms with Crippen LogP contribution in [0.2, 0.25) is 10.0 Å². The number of nitrogens with zero attached hydrogens (tertiary/aromatic N) is 2. The highest BCUT2D eigenvalue weighted by molar-refractivity contribution is 6.37. The molecule has 6 heteroatoms. The summed E-state index contributed by atoms with van der Waals surface area (Å²) in [7, 11) is 0. The molecule has 24 heavy (non-hydrogen) atoms. The molecule has 2 N–H and O–H groups in total. The van der Waals surface area contributed by atoms with Gasteiger partial charge in [0.1, 0.15) is 5.82 Å². The minimum atomic E-state index is -0.130.